The van der Waals surface area contributed by atoms with Crippen molar-refractivity contribution in [2.24, 2.45) is 0 Å². The van der Waals surface area contributed by atoms with Gasteiger partial charge in [-0.2, -0.15) is 5.26 Å². The standard InChI is InChI=1S/C13H12N4O2/c1-18-9-3-5-12(19-2)10(7-9)11-4-6-13(15-8-14)17-16-11/h3-7H,1-2H3,(H,15,17). The van der Waals surface area contributed by atoms with Crippen molar-refractivity contribution in [1.82, 2.24) is 10.2 Å². The second-order valence-corrected chi connectivity index (χ2v) is 3.61. The molecule has 0 bridgehead atoms. The van der Waals surface area contributed by atoms with Crippen LogP contribution in [0.15, 0.2) is 30.3 Å². The highest BCUT2D eigenvalue weighted by Crippen LogP contribution is 2.32. The molecule has 0 aliphatic carbocycles. The molecule has 0 unspecified atom stereocenters. The molecule has 0 aliphatic heterocycles. The van der Waals surface area contributed by atoms with Crippen LogP contribution < -0.4 is 14.8 Å². The summed E-state index contributed by atoms with van der Waals surface area (Å²) in [6.07, 6.45) is 1.79. The van der Waals surface area contributed by atoms with Gasteiger partial charge in [0.05, 0.1) is 19.9 Å². The molecular formula is C13H12N4O2. The Morgan fingerprint density at radius 2 is 1.95 bits per heavy atom. The summed E-state index contributed by atoms with van der Waals surface area (Å²) in [6.45, 7) is 0. The SMILES string of the molecule is COc1ccc(OC)c(-c2ccc(NC#N)nn2)c1. The highest BCUT2D eigenvalue weighted by Gasteiger charge is 2.09. The minimum absolute atomic E-state index is 0.396. The van der Waals surface area contributed by atoms with Gasteiger partial charge < -0.3 is 9.47 Å². The molecule has 6 nitrogen and oxygen atoms in total. The number of hydrogen-bond acceptors (Lipinski definition) is 6. The Kier molecular flexibility index (Phi) is 3.78. The fourth-order valence-electron chi connectivity index (χ4n) is 1.61. The molecule has 2 rings (SSSR count). The van der Waals surface area contributed by atoms with E-state index in [1.807, 2.05) is 6.07 Å². The predicted octanol–water partition coefficient (Wildman–Crippen LogP) is 2.05. The van der Waals surface area contributed by atoms with E-state index in [2.05, 4.69) is 15.5 Å². The van der Waals surface area contributed by atoms with E-state index in [1.165, 1.54) is 0 Å². The first-order chi connectivity index (χ1) is 9.28. The van der Waals surface area contributed by atoms with E-state index in [0.29, 0.717) is 23.0 Å². The van der Waals surface area contributed by atoms with E-state index in [-0.39, 0.29) is 0 Å². The van der Waals surface area contributed by atoms with Crippen molar-refractivity contribution in [3.05, 3.63) is 30.3 Å². The van der Waals surface area contributed by atoms with Crippen LogP contribution in [0.5, 0.6) is 11.5 Å². The summed E-state index contributed by atoms with van der Waals surface area (Å²) in [4.78, 5) is 0. The first kappa shape index (κ1) is 12.6. The number of ether oxygens (including phenoxy) is 2. The van der Waals surface area contributed by atoms with Crippen molar-refractivity contribution < 1.29 is 9.47 Å². The van der Waals surface area contributed by atoms with Crippen LogP contribution >= 0.6 is 0 Å². The van der Waals surface area contributed by atoms with E-state index in [4.69, 9.17) is 14.7 Å². The maximum atomic E-state index is 8.49. The molecule has 0 atom stereocenters. The Labute approximate surface area is 110 Å². The molecule has 2 aromatic rings. The molecule has 6 heteroatoms. The third-order valence-electron chi connectivity index (χ3n) is 2.53. The molecule has 0 saturated carbocycles. The summed E-state index contributed by atoms with van der Waals surface area (Å²) >= 11 is 0. The molecule has 1 aromatic carbocycles. The predicted molar refractivity (Wildman–Crippen MR) is 69.8 cm³/mol. The molecule has 0 radical (unpaired) electrons. The fourth-order valence-corrected chi connectivity index (χ4v) is 1.61. The van der Waals surface area contributed by atoms with Gasteiger partial charge >= 0.3 is 0 Å². The van der Waals surface area contributed by atoms with Gasteiger partial charge in [-0.3, -0.25) is 5.32 Å². The van der Waals surface area contributed by atoms with E-state index in [9.17, 15) is 0 Å². The van der Waals surface area contributed by atoms with Gasteiger partial charge in [-0.25, -0.2) is 0 Å². The van der Waals surface area contributed by atoms with Crippen LogP contribution in [-0.2, 0) is 0 Å². The average Bonchev–Trinajstić information content (AvgIpc) is 2.47. The zero-order chi connectivity index (χ0) is 13.7. The van der Waals surface area contributed by atoms with Crippen LogP contribution in [-0.4, -0.2) is 24.4 Å². The third-order valence-corrected chi connectivity index (χ3v) is 2.53. The van der Waals surface area contributed by atoms with Crippen LogP contribution in [0.3, 0.4) is 0 Å². The van der Waals surface area contributed by atoms with Gasteiger partial charge in [0.2, 0.25) is 0 Å². The van der Waals surface area contributed by atoms with Crippen molar-refractivity contribution in [3.63, 3.8) is 0 Å². The lowest BCUT2D eigenvalue weighted by Crippen LogP contribution is -1.96. The van der Waals surface area contributed by atoms with Crippen molar-refractivity contribution in [3.8, 4) is 28.9 Å². The summed E-state index contributed by atoms with van der Waals surface area (Å²) in [6, 6.07) is 8.85. The maximum absolute atomic E-state index is 8.49. The highest BCUT2D eigenvalue weighted by molar-refractivity contribution is 5.69. The number of anilines is 1. The quantitative estimate of drug-likeness (QED) is 0.666. The Balaban J connectivity index is 2.42. The number of benzene rings is 1. The summed E-state index contributed by atoms with van der Waals surface area (Å²) in [5.41, 5.74) is 1.41. The molecule has 96 valence electrons. The lowest BCUT2D eigenvalue weighted by atomic mass is 10.1. The molecule has 0 amide bonds. The van der Waals surface area contributed by atoms with Crippen molar-refractivity contribution >= 4 is 5.82 Å². The fraction of sp³-hybridized carbons (Fsp3) is 0.154. The lowest BCUT2D eigenvalue weighted by Gasteiger charge is -2.09. The van der Waals surface area contributed by atoms with Crippen LogP contribution in [0.25, 0.3) is 11.3 Å². The number of aromatic nitrogens is 2. The first-order valence-electron chi connectivity index (χ1n) is 5.49. The molecule has 19 heavy (non-hydrogen) atoms. The minimum atomic E-state index is 0.396. The molecule has 0 aliphatic rings. The first-order valence-corrected chi connectivity index (χ1v) is 5.49. The molecule has 0 saturated heterocycles. The third kappa shape index (κ3) is 2.72. The number of nitriles is 1. The normalized spacial score (nSPS) is 9.53. The summed E-state index contributed by atoms with van der Waals surface area (Å²) in [5, 5.41) is 18.9. The lowest BCUT2D eigenvalue weighted by molar-refractivity contribution is 0.404. The second-order valence-electron chi connectivity index (χ2n) is 3.61. The van der Waals surface area contributed by atoms with Crippen LogP contribution in [0.2, 0.25) is 0 Å². The Bertz CT molecular complexity index is 605. The topological polar surface area (TPSA) is 80.1 Å². The Hall–Kier alpha value is -2.81. The van der Waals surface area contributed by atoms with E-state index >= 15 is 0 Å². The number of nitrogens with one attached hydrogen (secondary N) is 1. The Morgan fingerprint density at radius 1 is 1.11 bits per heavy atom. The van der Waals surface area contributed by atoms with Crippen LogP contribution in [0, 0.1) is 11.5 Å². The van der Waals surface area contributed by atoms with Crippen molar-refractivity contribution in [1.29, 1.82) is 5.26 Å². The summed E-state index contributed by atoms with van der Waals surface area (Å²) < 4.78 is 10.5. The summed E-state index contributed by atoms with van der Waals surface area (Å²) in [7, 11) is 3.18. The van der Waals surface area contributed by atoms with Crippen molar-refractivity contribution in [2.75, 3.05) is 19.5 Å². The highest BCUT2D eigenvalue weighted by atomic mass is 16.5. The van der Waals surface area contributed by atoms with Crippen LogP contribution in [0.4, 0.5) is 5.82 Å². The zero-order valence-corrected chi connectivity index (χ0v) is 10.5. The van der Waals surface area contributed by atoms with Gasteiger partial charge in [-0.05, 0) is 30.3 Å². The molecule has 0 fully saturated rings. The van der Waals surface area contributed by atoms with Crippen molar-refractivity contribution in [2.45, 2.75) is 0 Å². The van der Waals surface area contributed by atoms with Gasteiger partial charge in [0.25, 0.3) is 0 Å². The van der Waals surface area contributed by atoms with E-state index in [0.717, 1.165) is 5.56 Å². The Morgan fingerprint density at radius 3 is 2.53 bits per heavy atom. The smallest absolute Gasteiger partial charge is 0.182 e. The molecular weight excluding hydrogens is 244 g/mol. The zero-order valence-electron chi connectivity index (χ0n) is 10.5. The average molecular weight is 256 g/mol. The van der Waals surface area contributed by atoms with Gasteiger partial charge in [-0.15, -0.1) is 10.2 Å². The van der Waals surface area contributed by atoms with E-state index < -0.39 is 0 Å². The number of methoxy groups -OCH3 is 2. The van der Waals surface area contributed by atoms with Crippen LogP contribution in [0.1, 0.15) is 0 Å². The largest absolute Gasteiger partial charge is 0.497 e. The van der Waals surface area contributed by atoms with Gasteiger partial charge in [0, 0.05) is 5.56 Å². The second kappa shape index (κ2) is 5.69. The number of rotatable bonds is 4. The molecule has 1 N–H and O–H groups in total. The number of hydrogen-bond donors (Lipinski definition) is 1. The molecule has 1 aromatic heterocycles. The minimum Gasteiger partial charge on any atom is -0.497 e. The maximum Gasteiger partial charge on any atom is 0.182 e. The monoisotopic (exact) mass is 256 g/mol. The van der Waals surface area contributed by atoms with E-state index in [1.54, 1.807) is 44.7 Å². The molecule has 0 spiro atoms. The molecule has 1 heterocycles. The van der Waals surface area contributed by atoms with Gasteiger partial charge in [-0.1, -0.05) is 0 Å². The number of nitrogens with zero attached hydrogens (tertiary/aromatic N) is 3. The summed E-state index contributed by atoms with van der Waals surface area (Å²) in [5.74, 6) is 1.78. The van der Waals surface area contributed by atoms with Gasteiger partial charge in [0.15, 0.2) is 12.0 Å². The van der Waals surface area contributed by atoms with Gasteiger partial charge in [0.1, 0.15) is 11.5 Å².